The number of hydrogen-bond donors (Lipinski definition) is 1. The number of carbonyl (C=O) groups excluding carboxylic acids is 1. The molecule has 0 aromatic heterocycles. The Kier molecular flexibility index (Phi) is 6.80. The van der Waals surface area contributed by atoms with Gasteiger partial charge in [0.05, 0.1) is 6.10 Å². The molecular formula is C16H22Cl2N2O2. The van der Waals surface area contributed by atoms with E-state index in [1.807, 2.05) is 19.1 Å². The molecule has 1 aromatic carbocycles. The third kappa shape index (κ3) is 5.34. The van der Waals surface area contributed by atoms with Crippen LogP contribution in [0.3, 0.4) is 0 Å². The zero-order valence-electron chi connectivity index (χ0n) is 12.8. The molecule has 0 aliphatic carbocycles. The molecule has 4 nitrogen and oxygen atoms in total. The van der Waals surface area contributed by atoms with Crippen molar-refractivity contribution in [2.24, 2.45) is 0 Å². The molecule has 1 N–H and O–H groups in total. The Morgan fingerprint density at radius 1 is 1.36 bits per heavy atom. The van der Waals surface area contributed by atoms with Gasteiger partial charge in [-0.05, 0) is 49.9 Å². The monoisotopic (exact) mass is 344 g/mol. The minimum Gasteiger partial charge on any atom is -0.376 e. The van der Waals surface area contributed by atoms with Gasteiger partial charge in [-0.25, -0.2) is 4.79 Å². The number of rotatable bonds is 6. The lowest BCUT2D eigenvalue weighted by atomic mass is 10.1. The average Bonchev–Trinajstić information content (AvgIpc) is 2.96. The van der Waals surface area contributed by atoms with Gasteiger partial charge in [0.25, 0.3) is 0 Å². The molecule has 1 unspecified atom stereocenters. The van der Waals surface area contributed by atoms with Gasteiger partial charge in [0.15, 0.2) is 0 Å². The van der Waals surface area contributed by atoms with Gasteiger partial charge in [0.1, 0.15) is 0 Å². The van der Waals surface area contributed by atoms with Crippen molar-refractivity contribution >= 4 is 29.2 Å². The van der Waals surface area contributed by atoms with Gasteiger partial charge in [-0.3, -0.25) is 0 Å². The summed E-state index contributed by atoms with van der Waals surface area (Å²) in [7, 11) is 0. The third-order valence-electron chi connectivity index (χ3n) is 3.73. The molecular weight excluding hydrogens is 323 g/mol. The zero-order chi connectivity index (χ0) is 15.9. The Hall–Kier alpha value is -0.970. The van der Waals surface area contributed by atoms with Crippen LogP contribution in [0.4, 0.5) is 4.79 Å². The Bertz CT molecular complexity index is 485. The topological polar surface area (TPSA) is 41.6 Å². The normalized spacial score (nSPS) is 17.5. The van der Waals surface area contributed by atoms with E-state index in [9.17, 15) is 4.79 Å². The summed E-state index contributed by atoms with van der Waals surface area (Å²) >= 11 is 11.9. The van der Waals surface area contributed by atoms with Gasteiger partial charge in [0, 0.05) is 36.3 Å². The predicted octanol–water partition coefficient (Wildman–Crippen LogP) is 3.75. The number of halogens is 2. The van der Waals surface area contributed by atoms with Gasteiger partial charge in [-0.2, -0.15) is 0 Å². The first-order valence-corrected chi connectivity index (χ1v) is 8.43. The first kappa shape index (κ1) is 17.4. The van der Waals surface area contributed by atoms with Crippen LogP contribution in [0, 0.1) is 0 Å². The van der Waals surface area contributed by atoms with E-state index >= 15 is 0 Å². The molecule has 0 bridgehead atoms. The molecule has 22 heavy (non-hydrogen) atoms. The number of ether oxygens (including phenoxy) is 1. The molecule has 1 fully saturated rings. The Balaban J connectivity index is 1.77. The van der Waals surface area contributed by atoms with Gasteiger partial charge in [-0.1, -0.05) is 23.2 Å². The van der Waals surface area contributed by atoms with Crippen LogP contribution in [0.1, 0.15) is 25.3 Å². The van der Waals surface area contributed by atoms with Crippen molar-refractivity contribution in [1.82, 2.24) is 10.2 Å². The molecule has 2 amide bonds. The van der Waals surface area contributed by atoms with Gasteiger partial charge in [-0.15, -0.1) is 0 Å². The smallest absolute Gasteiger partial charge is 0.317 e. The second kappa shape index (κ2) is 8.61. The fraction of sp³-hybridized carbons (Fsp3) is 0.562. The van der Waals surface area contributed by atoms with Crippen LogP contribution in [0.2, 0.25) is 10.0 Å². The maximum atomic E-state index is 12.2. The van der Waals surface area contributed by atoms with Crippen LogP contribution in [0.25, 0.3) is 0 Å². The van der Waals surface area contributed by atoms with E-state index in [0.717, 1.165) is 25.0 Å². The number of urea groups is 1. The lowest BCUT2D eigenvalue weighted by Crippen LogP contribution is -2.44. The summed E-state index contributed by atoms with van der Waals surface area (Å²) in [6.07, 6.45) is 2.99. The molecule has 1 heterocycles. The highest BCUT2D eigenvalue weighted by Crippen LogP contribution is 2.19. The summed E-state index contributed by atoms with van der Waals surface area (Å²) < 4.78 is 5.58. The average molecular weight is 345 g/mol. The van der Waals surface area contributed by atoms with Crippen molar-refractivity contribution < 1.29 is 9.53 Å². The molecule has 1 aromatic rings. The lowest BCUT2D eigenvalue weighted by Gasteiger charge is -2.24. The van der Waals surface area contributed by atoms with E-state index in [4.69, 9.17) is 27.9 Å². The van der Waals surface area contributed by atoms with Crippen molar-refractivity contribution in [2.45, 2.75) is 32.3 Å². The van der Waals surface area contributed by atoms with E-state index in [1.54, 1.807) is 11.0 Å². The van der Waals surface area contributed by atoms with Crippen LogP contribution in [-0.4, -0.2) is 43.3 Å². The minimum absolute atomic E-state index is 0.0499. The van der Waals surface area contributed by atoms with Crippen molar-refractivity contribution in [3.8, 4) is 0 Å². The maximum Gasteiger partial charge on any atom is 0.317 e. The summed E-state index contributed by atoms with van der Waals surface area (Å²) in [4.78, 5) is 14.0. The molecule has 0 saturated carbocycles. The summed E-state index contributed by atoms with van der Waals surface area (Å²) in [5, 5.41) is 4.17. The SMILES string of the molecule is CCN(CC1CCCO1)C(=O)NCCc1cc(Cl)cc(Cl)c1. The molecule has 122 valence electrons. The summed E-state index contributed by atoms with van der Waals surface area (Å²) in [5.41, 5.74) is 1.01. The number of amides is 2. The summed E-state index contributed by atoms with van der Waals surface area (Å²) in [6.45, 7) is 4.67. The summed E-state index contributed by atoms with van der Waals surface area (Å²) in [5.74, 6) is 0. The molecule has 1 atom stereocenters. The molecule has 6 heteroatoms. The van der Waals surface area contributed by atoms with Crippen LogP contribution in [0.15, 0.2) is 18.2 Å². The fourth-order valence-electron chi connectivity index (χ4n) is 2.57. The first-order valence-electron chi connectivity index (χ1n) is 7.68. The summed E-state index contributed by atoms with van der Waals surface area (Å²) in [6, 6.07) is 5.38. The van der Waals surface area contributed by atoms with Crippen molar-refractivity contribution in [1.29, 1.82) is 0 Å². The fourth-order valence-corrected chi connectivity index (χ4v) is 3.14. The van der Waals surface area contributed by atoms with E-state index in [0.29, 0.717) is 36.1 Å². The van der Waals surface area contributed by atoms with Crippen molar-refractivity contribution in [3.63, 3.8) is 0 Å². The van der Waals surface area contributed by atoms with E-state index < -0.39 is 0 Å². The quantitative estimate of drug-likeness (QED) is 0.853. The van der Waals surface area contributed by atoms with Crippen molar-refractivity contribution in [2.75, 3.05) is 26.2 Å². The Labute approximate surface area is 141 Å². The Morgan fingerprint density at radius 3 is 2.68 bits per heavy atom. The third-order valence-corrected chi connectivity index (χ3v) is 4.17. The largest absolute Gasteiger partial charge is 0.376 e. The first-order chi connectivity index (χ1) is 10.6. The highest BCUT2D eigenvalue weighted by molar-refractivity contribution is 6.34. The van der Waals surface area contributed by atoms with E-state index in [-0.39, 0.29) is 12.1 Å². The van der Waals surface area contributed by atoms with Crippen LogP contribution >= 0.6 is 23.2 Å². The van der Waals surface area contributed by atoms with E-state index in [1.165, 1.54) is 0 Å². The number of likely N-dealkylation sites (N-methyl/N-ethyl adjacent to an activating group) is 1. The maximum absolute atomic E-state index is 12.2. The van der Waals surface area contributed by atoms with Gasteiger partial charge < -0.3 is 15.0 Å². The minimum atomic E-state index is -0.0499. The molecule has 1 aliphatic rings. The van der Waals surface area contributed by atoms with E-state index in [2.05, 4.69) is 5.32 Å². The zero-order valence-corrected chi connectivity index (χ0v) is 14.3. The van der Waals surface area contributed by atoms with Gasteiger partial charge in [0.2, 0.25) is 0 Å². The molecule has 2 rings (SSSR count). The lowest BCUT2D eigenvalue weighted by molar-refractivity contribution is 0.0827. The molecule has 0 radical (unpaired) electrons. The molecule has 1 aliphatic heterocycles. The van der Waals surface area contributed by atoms with Crippen LogP contribution in [0.5, 0.6) is 0 Å². The highest BCUT2D eigenvalue weighted by atomic mass is 35.5. The number of nitrogens with one attached hydrogen (secondary N) is 1. The van der Waals surface area contributed by atoms with Crippen molar-refractivity contribution in [3.05, 3.63) is 33.8 Å². The number of nitrogens with zero attached hydrogens (tertiary/aromatic N) is 1. The van der Waals surface area contributed by atoms with Crippen LogP contribution in [-0.2, 0) is 11.2 Å². The number of carbonyl (C=O) groups is 1. The number of hydrogen-bond acceptors (Lipinski definition) is 2. The van der Waals surface area contributed by atoms with Gasteiger partial charge >= 0.3 is 6.03 Å². The predicted molar refractivity (Wildman–Crippen MR) is 89.8 cm³/mol. The molecule has 0 spiro atoms. The standard InChI is InChI=1S/C16H22Cl2N2O2/c1-2-20(11-15-4-3-7-22-15)16(21)19-6-5-12-8-13(17)10-14(18)9-12/h8-10,15H,2-7,11H2,1H3,(H,19,21). The highest BCUT2D eigenvalue weighted by Gasteiger charge is 2.21. The number of benzene rings is 1. The van der Waals surface area contributed by atoms with Crippen LogP contribution < -0.4 is 5.32 Å². The second-order valence-electron chi connectivity index (χ2n) is 5.43. The second-order valence-corrected chi connectivity index (χ2v) is 6.31. The Morgan fingerprint density at radius 2 is 2.09 bits per heavy atom. The molecule has 1 saturated heterocycles.